The van der Waals surface area contributed by atoms with Crippen molar-refractivity contribution in [2.75, 3.05) is 20.8 Å². The van der Waals surface area contributed by atoms with Crippen LogP contribution in [-0.2, 0) is 12.8 Å². The summed E-state index contributed by atoms with van der Waals surface area (Å²) in [6, 6.07) is 17.1. The summed E-state index contributed by atoms with van der Waals surface area (Å²) in [4.78, 5) is 0. The van der Waals surface area contributed by atoms with Crippen molar-refractivity contribution in [2.24, 2.45) is 0 Å². The smallest absolute Gasteiger partial charge is 0.118 e. The Morgan fingerprint density at radius 3 is 1.87 bits per heavy atom. The molecule has 0 saturated carbocycles. The molecular formula is C19H24N2O2. The van der Waals surface area contributed by atoms with Crippen molar-refractivity contribution in [1.82, 2.24) is 10.6 Å². The van der Waals surface area contributed by atoms with Gasteiger partial charge in [0.2, 0.25) is 0 Å². The molecule has 0 aromatic heterocycles. The Morgan fingerprint density at radius 2 is 1.35 bits per heavy atom. The Balaban J connectivity index is 1.51. The Kier molecular flexibility index (Phi) is 5.16. The van der Waals surface area contributed by atoms with E-state index in [2.05, 4.69) is 34.9 Å². The first-order valence-corrected chi connectivity index (χ1v) is 8.02. The average molecular weight is 312 g/mol. The van der Waals surface area contributed by atoms with Gasteiger partial charge in [0.1, 0.15) is 11.5 Å². The van der Waals surface area contributed by atoms with Gasteiger partial charge in [0.15, 0.2) is 0 Å². The zero-order chi connectivity index (χ0) is 16.1. The van der Waals surface area contributed by atoms with Crippen LogP contribution in [0.3, 0.4) is 0 Å². The van der Waals surface area contributed by atoms with Crippen LogP contribution in [0.5, 0.6) is 11.5 Å². The van der Waals surface area contributed by atoms with Crippen LogP contribution in [0.2, 0.25) is 0 Å². The van der Waals surface area contributed by atoms with E-state index in [-0.39, 0.29) is 0 Å². The van der Waals surface area contributed by atoms with Crippen molar-refractivity contribution >= 4 is 0 Å². The summed E-state index contributed by atoms with van der Waals surface area (Å²) in [5.74, 6) is 1.81. The van der Waals surface area contributed by atoms with E-state index in [4.69, 9.17) is 9.47 Å². The topological polar surface area (TPSA) is 42.5 Å². The molecule has 23 heavy (non-hydrogen) atoms. The number of hydrogen-bond acceptors (Lipinski definition) is 4. The molecule has 0 bridgehead atoms. The Bertz CT molecular complexity index is 555. The second kappa shape index (κ2) is 7.49. The Hall–Kier alpha value is -2.04. The summed E-state index contributed by atoms with van der Waals surface area (Å²) in [6.07, 6.45) is 2.32. The Morgan fingerprint density at radius 1 is 0.826 bits per heavy atom. The van der Waals surface area contributed by atoms with Crippen LogP contribution < -0.4 is 20.1 Å². The van der Waals surface area contributed by atoms with Crippen molar-refractivity contribution in [1.29, 1.82) is 0 Å². The van der Waals surface area contributed by atoms with Crippen LogP contribution in [-0.4, -0.2) is 33.0 Å². The molecule has 122 valence electrons. The summed E-state index contributed by atoms with van der Waals surface area (Å²) < 4.78 is 10.4. The van der Waals surface area contributed by atoms with Gasteiger partial charge in [-0.15, -0.1) is 0 Å². The van der Waals surface area contributed by atoms with Gasteiger partial charge in [0.05, 0.1) is 20.4 Å². The van der Waals surface area contributed by atoms with Crippen molar-refractivity contribution < 1.29 is 9.47 Å². The van der Waals surface area contributed by atoms with E-state index in [0.29, 0.717) is 12.2 Å². The number of benzene rings is 2. The summed E-state index contributed by atoms with van der Waals surface area (Å²) in [5, 5.41) is 7.23. The largest absolute Gasteiger partial charge is 0.497 e. The lowest BCUT2D eigenvalue weighted by Gasteiger charge is -2.14. The fourth-order valence-corrected chi connectivity index (χ4v) is 2.99. The van der Waals surface area contributed by atoms with Crippen molar-refractivity contribution in [3.8, 4) is 11.5 Å². The zero-order valence-electron chi connectivity index (χ0n) is 13.7. The van der Waals surface area contributed by atoms with Gasteiger partial charge >= 0.3 is 0 Å². The molecule has 2 aromatic rings. The number of ether oxygens (including phenoxy) is 2. The van der Waals surface area contributed by atoms with Crippen LogP contribution in [0.1, 0.15) is 11.1 Å². The monoisotopic (exact) mass is 312 g/mol. The molecule has 2 aromatic carbocycles. The van der Waals surface area contributed by atoms with Crippen LogP contribution in [0.25, 0.3) is 0 Å². The summed E-state index contributed by atoms with van der Waals surface area (Å²) >= 11 is 0. The molecule has 1 aliphatic heterocycles. The maximum absolute atomic E-state index is 5.20. The number of rotatable bonds is 6. The maximum atomic E-state index is 5.20. The summed E-state index contributed by atoms with van der Waals surface area (Å²) in [5.41, 5.74) is 2.64. The van der Waals surface area contributed by atoms with E-state index in [0.717, 1.165) is 30.9 Å². The zero-order valence-corrected chi connectivity index (χ0v) is 13.7. The van der Waals surface area contributed by atoms with Crippen LogP contribution in [0, 0.1) is 0 Å². The highest BCUT2D eigenvalue weighted by Gasteiger charge is 2.23. The van der Waals surface area contributed by atoms with Gasteiger partial charge in [-0.05, 0) is 41.8 Å². The molecule has 1 aliphatic rings. The highest BCUT2D eigenvalue weighted by Crippen LogP contribution is 2.16. The number of hydrogen-bond donors (Lipinski definition) is 2. The van der Waals surface area contributed by atoms with E-state index < -0.39 is 0 Å². The standard InChI is InChI=1S/C19H24N2O2/c1-22-17-7-3-14(4-8-17)11-16-13-20-19(21-16)12-15-5-9-18(23-2)10-6-15/h3-10,16,19-21H,11-13H2,1-2H3/t16-,19-/m0/s1. The lowest BCUT2D eigenvalue weighted by Crippen LogP contribution is -2.36. The van der Waals surface area contributed by atoms with Crippen molar-refractivity contribution in [3.05, 3.63) is 59.7 Å². The third-order valence-corrected chi connectivity index (χ3v) is 4.29. The van der Waals surface area contributed by atoms with E-state index in [1.54, 1.807) is 14.2 Å². The van der Waals surface area contributed by atoms with Crippen molar-refractivity contribution in [3.63, 3.8) is 0 Å². The van der Waals surface area contributed by atoms with E-state index in [1.165, 1.54) is 11.1 Å². The molecule has 0 amide bonds. The minimum atomic E-state index is 0.326. The molecule has 0 spiro atoms. The molecule has 0 radical (unpaired) electrons. The SMILES string of the molecule is COc1ccc(C[C@H]2CN[C@H](Cc3ccc(OC)cc3)N2)cc1. The maximum Gasteiger partial charge on any atom is 0.118 e. The van der Waals surface area contributed by atoms with Crippen LogP contribution >= 0.6 is 0 Å². The minimum absolute atomic E-state index is 0.326. The summed E-state index contributed by atoms with van der Waals surface area (Å²) in [7, 11) is 3.39. The predicted octanol–water partition coefficient (Wildman–Crippen LogP) is 2.38. The van der Waals surface area contributed by atoms with E-state index in [9.17, 15) is 0 Å². The first-order valence-electron chi connectivity index (χ1n) is 8.02. The second-order valence-corrected chi connectivity index (χ2v) is 5.93. The highest BCUT2D eigenvalue weighted by atomic mass is 16.5. The molecule has 0 aliphatic carbocycles. The highest BCUT2D eigenvalue weighted by molar-refractivity contribution is 5.29. The third kappa shape index (κ3) is 4.24. The van der Waals surface area contributed by atoms with E-state index in [1.807, 2.05) is 24.3 Å². The number of methoxy groups -OCH3 is 2. The van der Waals surface area contributed by atoms with E-state index >= 15 is 0 Å². The molecule has 1 fully saturated rings. The van der Waals surface area contributed by atoms with Gasteiger partial charge in [-0.25, -0.2) is 0 Å². The van der Waals surface area contributed by atoms with Gasteiger partial charge in [-0.2, -0.15) is 0 Å². The fourth-order valence-electron chi connectivity index (χ4n) is 2.99. The molecule has 4 heteroatoms. The van der Waals surface area contributed by atoms with Crippen LogP contribution in [0.4, 0.5) is 0 Å². The number of nitrogens with one attached hydrogen (secondary N) is 2. The summed E-state index contributed by atoms with van der Waals surface area (Å²) in [6.45, 7) is 0.993. The molecule has 4 nitrogen and oxygen atoms in total. The molecule has 2 atom stereocenters. The first-order chi connectivity index (χ1) is 11.3. The lowest BCUT2D eigenvalue weighted by atomic mass is 10.1. The van der Waals surface area contributed by atoms with Crippen molar-refractivity contribution in [2.45, 2.75) is 25.0 Å². The molecular weight excluding hydrogens is 288 g/mol. The second-order valence-electron chi connectivity index (χ2n) is 5.93. The normalized spacial score (nSPS) is 20.4. The van der Waals surface area contributed by atoms with Gasteiger partial charge in [-0.1, -0.05) is 24.3 Å². The predicted molar refractivity (Wildman–Crippen MR) is 92.1 cm³/mol. The van der Waals surface area contributed by atoms with Gasteiger partial charge in [0.25, 0.3) is 0 Å². The molecule has 1 saturated heterocycles. The Labute approximate surface area is 137 Å². The van der Waals surface area contributed by atoms with Crippen LogP contribution in [0.15, 0.2) is 48.5 Å². The molecule has 1 heterocycles. The quantitative estimate of drug-likeness (QED) is 0.859. The van der Waals surface area contributed by atoms with Gasteiger partial charge in [0, 0.05) is 19.0 Å². The van der Waals surface area contributed by atoms with Gasteiger partial charge in [-0.3, -0.25) is 5.32 Å². The average Bonchev–Trinajstić information content (AvgIpc) is 3.03. The first kappa shape index (κ1) is 15.8. The molecule has 2 N–H and O–H groups in total. The van der Waals surface area contributed by atoms with Gasteiger partial charge < -0.3 is 14.8 Å². The molecule has 3 rings (SSSR count). The fraction of sp³-hybridized carbons (Fsp3) is 0.368. The molecule has 0 unspecified atom stereocenters. The minimum Gasteiger partial charge on any atom is -0.497 e. The third-order valence-electron chi connectivity index (χ3n) is 4.29. The lowest BCUT2D eigenvalue weighted by molar-refractivity contribution is 0.414.